The summed E-state index contributed by atoms with van der Waals surface area (Å²) in [5, 5.41) is 0.530. The minimum atomic E-state index is -0.469. The normalized spacial score (nSPS) is 10.6. The van der Waals surface area contributed by atoms with E-state index in [1.54, 1.807) is 30.3 Å². The standard InChI is InChI=1S/C17H11ClO4/c1-10(19)22-17-13-5-6-21-9-15(13)16(20)8-14(17)11-3-2-4-12(18)7-11/h2-9H,1H3. The van der Waals surface area contributed by atoms with Gasteiger partial charge in [-0.05, 0) is 29.8 Å². The van der Waals surface area contributed by atoms with E-state index in [1.807, 2.05) is 0 Å². The van der Waals surface area contributed by atoms with Crippen molar-refractivity contribution in [3.05, 3.63) is 64.2 Å². The second kappa shape index (κ2) is 5.66. The van der Waals surface area contributed by atoms with Gasteiger partial charge in [0.15, 0.2) is 5.43 Å². The van der Waals surface area contributed by atoms with Gasteiger partial charge in [-0.1, -0.05) is 23.7 Å². The van der Waals surface area contributed by atoms with Crippen LogP contribution in [0.4, 0.5) is 0 Å². The van der Waals surface area contributed by atoms with Crippen molar-refractivity contribution >= 4 is 17.6 Å². The van der Waals surface area contributed by atoms with Gasteiger partial charge in [-0.3, -0.25) is 9.59 Å². The minimum absolute atomic E-state index is 0.217. The number of benzene rings is 2. The predicted octanol–water partition coefficient (Wildman–Crippen LogP) is 3.99. The fraction of sp³-hybridized carbons (Fsp3) is 0.0588. The van der Waals surface area contributed by atoms with E-state index >= 15 is 0 Å². The first-order valence-electron chi connectivity index (χ1n) is 6.54. The average molecular weight is 315 g/mol. The molecule has 0 spiro atoms. The third-order valence-corrected chi connectivity index (χ3v) is 3.44. The Bertz CT molecular complexity index is 882. The van der Waals surface area contributed by atoms with E-state index in [1.165, 1.54) is 25.5 Å². The number of esters is 1. The first kappa shape index (κ1) is 14.4. The van der Waals surface area contributed by atoms with Crippen LogP contribution in [0.15, 0.2) is 58.1 Å². The Hall–Kier alpha value is -2.59. The van der Waals surface area contributed by atoms with Crippen LogP contribution in [0.2, 0.25) is 5.02 Å². The molecule has 1 aliphatic heterocycles. The molecule has 0 saturated heterocycles. The average Bonchev–Trinajstić information content (AvgIpc) is 2.49. The molecule has 3 rings (SSSR count). The highest BCUT2D eigenvalue weighted by Crippen LogP contribution is 2.39. The van der Waals surface area contributed by atoms with Crippen LogP contribution in [0.1, 0.15) is 6.92 Å². The number of halogens is 1. The third-order valence-electron chi connectivity index (χ3n) is 3.20. The first-order chi connectivity index (χ1) is 10.6. The summed E-state index contributed by atoms with van der Waals surface area (Å²) in [5.41, 5.74) is 1.86. The Morgan fingerprint density at radius 2 is 1.95 bits per heavy atom. The van der Waals surface area contributed by atoms with Crippen LogP contribution < -0.4 is 10.2 Å². The maximum atomic E-state index is 12.3. The van der Waals surface area contributed by atoms with Gasteiger partial charge in [0.05, 0.1) is 11.8 Å². The lowest BCUT2D eigenvalue weighted by Crippen LogP contribution is -2.11. The third kappa shape index (κ3) is 2.61. The lowest BCUT2D eigenvalue weighted by molar-refractivity contribution is -0.131. The summed E-state index contributed by atoms with van der Waals surface area (Å²) in [7, 11) is 0. The van der Waals surface area contributed by atoms with Gasteiger partial charge >= 0.3 is 5.97 Å². The summed E-state index contributed by atoms with van der Waals surface area (Å²) in [5.74, 6) is -0.149. The number of ether oxygens (including phenoxy) is 1. The molecular formula is C17H11ClO4. The highest BCUT2D eigenvalue weighted by atomic mass is 35.5. The van der Waals surface area contributed by atoms with Gasteiger partial charge in [0.1, 0.15) is 12.0 Å². The Kier molecular flexibility index (Phi) is 3.69. The lowest BCUT2D eigenvalue weighted by Gasteiger charge is -2.15. The molecule has 1 aromatic rings. The van der Waals surface area contributed by atoms with Crippen molar-refractivity contribution in [2.75, 3.05) is 0 Å². The number of carbonyl (C=O) groups is 1. The fourth-order valence-electron chi connectivity index (χ4n) is 2.30. The SMILES string of the molecule is CC(=O)Oc1c(-c2cccc(Cl)c2)cc(=O)c2coccc1-2. The molecule has 2 aliphatic rings. The topological polar surface area (TPSA) is 56.5 Å². The zero-order chi connectivity index (χ0) is 15.7. The molecule has 0 bridgehead atoms. The zero-order valence-corrected chi connectivity index (χ0v) is 12.4. The van der Waals surface area contributed by atoms with Crippen molar-refractivity contribution in [3.63, 3.8) is 0 Å². The van der Waals surface area contributed by atoms with Crippen LogP contribution in [-0.4, -0.2) is 5.97 Å². The summed E-state index contributed by atoms with van der Waals surface area (Å²) in [4.78, 5) is 23.7. The molecule has 0 aromatic heterocycles. The van der Waals surface area contributed by atoms with Crippen molar-refractivity contribution in [1.82, 2.24) is 0 Å². The molecule has 110 valence electrons. The molecule has 4 nitrogen and oxygen atoms in total. The monoisotopic (exact) mass is 314 g/mol. The second-order valence-corrected chi connectivity index (χ2v) is 5.18. The molecule has 0 N–H and O–H groups in total. The highest BCUT2D eigenvalue weighted by molar-refractivity contribution is 6.30. The summed E-state index contributed by atoms with van der Waals surface area (Å²) in [6.07, 6.45) is 2.77. The molecule has 0 radical (unpaired) electrons. The second-order valence-electron chi connectivity index (χ2n) is 4.74. The van der Waals surface area contributed by atoms with E-state index in [4.69, 9.17) is 20.8 Å². The van der Waals surface area contributed by atoms with Gasteiger partial charge in [0.2, 0.25) is 0 Å². The van der Waals surface area contributed by atoms with Crippen molar-refractivity contribution < 1.29 is 13.9 Å². The molecule has 0 saturated carbocycles. The quantitative estimate of drug-likeness (QED) is 0.530. The summed E-state index contributed by atoms with van der Waals surface area (Å²) in [6.45, 7) is 1.31. The van der Waals surface area contributed by atoms with Crippen LogP contribution >= 0.6 is 11.6 Å². The number of fused-ring (bicyclic) bond motifs is 1. The van der Waals surface area contributed by atoms with Crippen LogP contribution in [-0.2, 0) is 4.79 Å². The predicted molar refractivity (Wildman–Crippen MR) is 83.4 cm³/mol. The minimum Gasteiger partial charge on any atom is -0.472 e. The van der Waals surface area contributed by atoms with Gasteiger partial charge in [0, 0.05) is 23.1 Å². The number of rotatable bonds is 2. The van der Waals surface area contributed by atoms with Crippen LogP contribution in [0.5, 0.6) is 5.75 Å². The molecule has 22 heavy (non-hydrogen) atoms. The van der Waals surface area contributed by atoms with E-state index in [0.29, 0.717) is 33.0 Å². The van der Waals surface area contributed by atoms with Gasteiger partial charge in [-0.25, -0.2) is 0 Å². The van der Waals surface area contributed by atoms with Crippen LogP contribution in [0.25, 0.3) is 22.3 Å². The Morgan fingerprint density at radius 3 is 2.68 bits per heavy atom. The summed E-state index contributed by atoms with van der Waals surface area (Å²) in [6, 6.07) is 10.0. The Balaban J connectivity index is 2.35. The molecule has 5 heteroatoms. The van der Waals surface area contributed by atoms with Gasteiger partial charge < -0.3 is 9.15 Å². The number of carbonyl (C=O) groups excluding carboxylic acids is 1. The van der Waals surface area contributed by atoms with E-state index < -0.39 is 5.97 Å². The molecule has 1 heterocycles. The van der Waals surface area contributed by atoms with Gasteiger partial charge in [-0.15, -0.1) is 0 Å². The zero-order valence-electron chi connectivity index (χ0n) is 11.6. The Morgan fingerprint density at radius 1 is 1.14 bits per heavy atom. The lowest BCUT2D eigenvalue weighted by atomic mass is 9.96. The van der Waals surface area contributed by atoms with E-state index in [9.17, 15) is 9.59 Å². The molecule has 0 fully saturated rings. The van der Waals surface area contributed by atoms with Crippen molar-refractivity contribution in [2.24, 2.45) is 0 Å². The van der Waals surface area contributed by atoms with Crippen molar-refractivity contribution in [3.8, 4) is 28.0 Å². The van der Waals surface area contributed by atoms with Crippen LogP contribution in [0, 0.1) is 0 Å². The van der Waals surface area contributed by atoms with Crippen molar-refractivity contribution in [2.45, 2.75) is 6.92 Å². The number of hydrogen-bond acceptors (Lipinski definition) is 4. The molecule has 0 amide bonds. The van der Waals surface area contributed by atoms with Gasteiger partial charge in [0.25, 0.3) is 0 Å². The molecule has 1 aromatic carbocycles. The Labute approximate surface area is 131 Å². The largest absolute Gasteiger partial charge is 0.472 e. The molecular weight excluding hydrogens is 304 g/mol. The maximum Gasteiger partial charge on any atom is 0.308 e. The fourth-order valence-corrected chi connectivity index (χ4v) is 2.49. The summed E-state index contributed by atoms with van der Waals surface area (Å²) < 4.78 is 10.4. The first-order valence-corrected chi connectivity index (χ1v) is 6.91. The van der Waals surface area contributed by atoms with E-state index in [-0.39, 0.29) is 5.43 Å². The van der Waals surface area contributed by atoms with E-state index in [2.05, 4.69) is 0 Å². The van der Waals surface area contributed by atoms with Gasteiger partial charge in [-0.2, -0.15) is 0 Å². The molecule has 0 atom stereocenters. The maximum absolute atomic E-state index is 12.3. The smallest absolute Gasteiger partial charge is 0.308 e. The number of hydrogen-bond donors (Lipinski definition) is 0. The highest BCUT2D eigenvalue weighted by Gasteiger charge is 2.20. The molecule has 1 aliphatic carbocycles. The molecule has 0 unspecified atom stereocenters. The van der Waals surface area contributed by atoms with Crippen molar-refractivity contribution in [1.29, 1.82) is 0 Å². The van der Waals surface area contributed by atoms with E-state index in [0.717, 1.165) is 0 Å². The summed E-state index contributed by atoms with van der Waals surface area (Å²) >= 11 is 6.01. The van der Waals surface area contributed by atoms with Crippen LogP contribution in [0.3, 0.4) is 0 Å².